The summed E-state index contributed by atoms with van der Waals surface area (Å²) in [6.45, 7) is 4.14. The summed E-state index contributed by atoms with van der Waals surface area (Å²) in [5.41, 5.74) is 0.881. The van der Waals surface area contributed by atoms with Crippen LogP contribution in [0, 0.1) is 0 Å². The summed E-state index contributed by atoms with van der Waals surface area (Å²) in [6.07, 6.45) is 2.07. The van der Waals surface area contributed by atoms with Gasteiger partial charge in [0.15, 0.2) is 0 Å². The van der Waals surface area contributed by atoms with E-state index in [1.165, 1.54) is 13.2 Å². The topological polar surface area (TPSA) is 58.6 Å². The van der Waals surface area contributed by atoms with E-state index in [4.69, 9.17) is 9.84 Å². The zero-order chi connectivity index (χ0) is 12.8. The van der Waals surface area contributed by atoms with E-state index in [-0.39, 0.29) is 11.6 Å². The van der Waals surface area contributed by atoms with Crippen LogP contribution in [0.15, 0.2) is 18.2 Å². The van der Waals surface area contributed by atoms with E-state index in [1.54, 1.807) is 12.1 Å². The number of hydrogen-bond donors (Lipinski definition) is 2. The van der Waals surface area contributed by atoms with E-state index < -0.39 is 5.97 Å². The summed E-state index contributed by atoms with van der Waals surface area (Å²) < 4.78 is 5.02. The highest BCUT2D eigenvalue weighted by Gasteiger charge is 2.12. The number of anilines is 1. The first-order valence-corrected chi connectivity index (χ1v) is 5.76. The SMILES string of the molecule is CCCC(C)Nc1ccc(OC)cc1C(=O)O. The number of aromatic carboxylic acids is 1. The van der Waals surface area contributed by atoms with Crippen molar-refractivity contribution in [2.45, 2.75) is 32.7 Å². The molecule has 1 aromatic rings. The van der Waals surface area contributed by atoms with Crippen LogP contribution < -0.4 is 10.1 Å². The van der Waals surface area contributed by atoms with E-state index in [2.05, 4.69) is 12.2 Å². The molecule has 0 spiro atoms. The Hall–Kier alpha value is -1.71. The van der Waals surface area contributed by atoms with Crippen LogP contribution >= 0.6 is 0 Å². The van der Waals surface area contributed by atoms with E-state index in [9.17, 15) is 4.79 Å². The largest absolute Gasteiger partial charge is 0.497 e. The molecule has 94 valence electrons. The van der Waals surface area contributed by atoms with Gasteiger partial charge in [0.05, 0.1) is 12.7 Å². The Labute approximate surface area is 102 Å². The fourth-order valence-electron chi connectivity index (χ4n) is 1.72. The standard InChI is InChI=1S/C13H19NO3/c1-4-5-9(2)14-12-7-6-10(17-3)8-11(12)13(15)16/h6-9,14H,4-5H2,1-3H3,(H,15,16). The quantitative estimate of drug-likeness (QED) is 0.798. The molecule has 0 radical (unpaired) electrons. The zero-order valence-electron chi connectivity index (χ0n) is 10.5. The molecule has 2 N–H and O–H groups in total. The number of carbonyl (C=O) groups is 1. The predicted molar refractivity (Wildman–Crippen MR) is 67.9 cm³/mol. The number of rotatable bonds is 6. The van der Waals surface area contributed by atoms with Crippen LogP contribution in [0.4, 0.5) is 5.69 Å². The van der Waals surface area contributed by atoms with Gasteiger partial charge in [0.25, 0.3) is 0 Å². The summed E-state index contributed by atoms with van der Waals surface area (Å²) in [5, 5.41) is 12.3. The molecule has 0 amide bonds. The van der Waals surface area contributed by atoms with E-state index in [0.717, 1.165) is 12.8 Å². The highest BCUT2D eigenvalue weighted by molar-refractivity contribution is 5.94. The summed E-state index contributed by atoms with van der Waals surface area (Å²) >= 11 is 0. The lowest BCUT2D eigenvalue weighted by molar-refractivity contribution is 0.0697. The number of hydrogen-bond acceptors (Lipinski definition) is 3. The highest BCUT2D eigenvalue weighted by Crippen LogP contribution is 2.23. The lowest BCUT2D eigenvalue weighted by Gasteiger charge is -2.16. The Kier molecular flexibility index (Phi) is 4.82. The third kappa shape index (κ3) is 3.66. The normalized spacial score (nSPS) is 11.9. The molecule has 1 rings (SSSR count). The molecule has 0 bridgehead atoms. The van der Waals surface area contributed by atoms with Gasteiger partial charge in [0, 0.05) is 11.7 Å². The van der Waals surface area contributed by atoms with Gasteiger partial charge in [-0.25, -0.2) is 4.79 Å². The lowest BCUT2D eigenvalue weighted by atomic mass is 10.1. The minimum absolute atomic E-state index is 0.243. The second-order valence-electron chi connectivity index (χ2n) is 4.05. The second-order valence-corrected chi connectivity index (χ2v) is 4.05. The maximum absolute atomic E-state index is 11.1. The third-order valence-corrected chi connectivity index (χ3v) is 2.58. The summed E-state index contributed by atoms with van der Waals surface area (Å²) in [5.74, 6) is -0.397. The van der Waals surface area contributed by atoms with E-state index in [0.29, 0.717) is 11.4 Å². The van der Waals surface area contributed by atoms with Crippen LogP contribution in [0.1, 0.15) is 37.0 Å². The van der Waals surface area contributed by atoms with Crippen LogP contribution in [0.2, 0.25) is 0 Å². The van der Waals surface area contributed by atoms with Crippen molar-refractivity contribution in [2.24, 2.45) is 0 Å². The second kappa shape index (κ2) is 6.13. The Morgan fingerprint density at radius 3 is 2.76 bits per heavy atom. The van der Waals surface area contributed by atoms with Gasteiger partial charge >= 0.3 is 5.97 Å². The van der Waals surface area contributed by atoms with E-state index >= 15 is 0 Å². The Morgan fingerprint density at radius 1 is 1.53 bits per heavy atom. The predicted octanol–water partition coefficient (Wildman–Crippen LogP) is 2.99. The van der Waals surface area contributed by atoms with Crippen molar-refractivity contribution < 1.29 is 14.6 Å². The molecule has 1 unspecified atom stereocenters. The van der Waals surface area contributed by atoms with Crippen LogP contribution in [0.3, 0.4) is 0 Å². The van der Waals surface area contributed by atoms with Crippen LogP contribution in [0.25, 0.3) is 0 Å². The van der Waals surface area contributed by atoms with Crippen molar-refractivity contribution in [3.63, 3.8) is 0 Å². The summed E-state index contributed by atoms with van der Waals surface area (Å²) in [6, 6.07) is 5.29. The van der Waals surface area contributed by atoms with Gasteiger partial charge in [-0.05, 0) is 31.5 Å². The summed E-state index contributed by atoms with van der Waals surface area (Å²) in [7, 11) is 1.52. The molecule has 0 saturated carbocycles. The van der Waals surface area contributed by atoms with Crippen LogP contribution in [-0.4, -0.2) is 24.2 Å². The van der Waals surface area contributed by atoms with Gasteiger partial charge in [0.1, 0.15) is 5.75 Å². The minimum Gasteiger partial charge on any atom is -0.497 e. The molecular weight excluding hydrogens is 218 g/mol. The number of carboxylic acids is 1. The molecule has 0 heterocycles. The van der Waals surface area contributed by atoms with Gasteiger partial charge in [0.2, 0.25) is 0 Å². The Morgan fingerprint density at radius 2 is 2.24 bits per heavy atom. The van der Waals surface area contributed by atoms with Gasteiger partial charge in [-0.3, -0.25) is 0 Å². The number of nitrogens with one attached hydrogen (secondary N) is 1. The molecule has 1 atom stereocenters. The van der Waals surface area contributed by atoms with Crippen molar-refractivity contribution in [3.8, 4) is 5.75 Å². The molecule has 0 saturated heterocycles. The van der Waals surface area contributed by atoms with Crippen LogP contribution in [0.5, 0.6) is 5.75 Å². The monoisotopic (exact) mass is 237 g/mol. The molecule has 0 aliphatic rings. The molecule has 0 aromatic heterocycles. The number of ether oxygens (including phenoxy) is 1. The molecule has 0 fully saturated rings. The van der Waals surface area contributed by atoms with Gasteiger partial charge in [-0.15, -0.1) is 0 Å². The maximum atomic E-state index is 11.1. The van der Waals surface area contributed by atoms with Gasteiger partial charge < -0.3 is 15.2 Å². The first-order chi connectivity index (χ1) is 8.08. The molecule has 4 nitrogen and oxygen atoms in total. The molecule has 0 aliphatic carbocycles. The summed E-state index contributed by atoms with van der Waals surface area (Å²) in [4.78, 5) is 11.1. The highest BCUT2D eigenvalue weighted by atomic mass is 16.5. The molecule has 1 aromatic carbocycles. The average molecular weight is 237 g/mol. The molecule has 4 heteroatoms. The maximum Gasteiger partial charge on any atom is 0.337 e. The molecule has 17 heavy (non-hydrogen) atoms. The first-order valence-electron chi connectivity index (χ1n) is 5.76. The van der Waals surface area contributed by atoms with Crippen molar-refractivity contribution >= 4 is 11.7 Å². The van der Waals surface area contributed by atoms with Crippen molar-refractivity contribution in [1.29, 1.82) is 0 Å². The lowest BCUT2D eigenvalue weighted by Crippen LogP contribution is -2.17. The first kappa shape index (κ1) is 13.4. The Balaban J connectivity index is 2.94. The van der Waals surface area contributed by atoms with Crippen LogP contribution in [-0.2, 0) is 0 Å². The van der Waals surface area contributed by atoms with Crippen molar-refractivity contribution in [1.82, 2.24) is 0 Å². The van der Waals surface area contributed by atoms with Crippen molar-refractivity contribution in [3.05, 3.63) is 23.8 Å². The molecular formula is C13H19NO3. The molecule has 0 aliphatic heterocycles. The number of methoxy groups -OCH3 is 1. The van der Waals surface area contributed by atoms with Crippen molar-refractivity contribution in [2.75, 3.05) is 12.4 Å². The zero-order valence-corrected chi connectivity index (χ0v) is 10.5. The Bertz CT molecular complexity index is 390. The minimum atomic E-state index is -0.949. The average Bonchev–Trinajstić information content (AvgIpc) is 2.29. The number of carboxylic acid groups (broad SMARTS) is 1. The smallest absolute Gasteiger partial charge is 0.337 e. The van der Waals surface area contributed by atoms with E-state index in [1.807, 2.05) is 6.92 Å². The fraction of sp³-hybridized carbons (Fsp3) is 0.462. The fourth-order valence-corrected chi connectivity index (χ4v) is 1.72. The number of benzene rings is 1. The van der Waals surface area contributed by atoms with Gasteiger partial charge in [-0.2, -0.15) is 0 Å². The van der Waals surface area contributed by atoms with Gasteiger partial charge in [-0.1, -0.05) is 13.3 Å². The third-order valence-electron chi connectivity index (χ3n) is 2.58.